The zero-order valence-electron chi connectivity index (χ0n) is 16.1. The lowest BCUT2D eigenvalue weighted by molar-refractivity contribution is -0.121. The Kier molecular flexibility index (Phi) is 6.36. The zero-order chi connectivity index (χ0) is 20.3. The highest BCUT2D eigenvalue weighted by molar-refractivity contribution is 6.52. The van der Waals surface area contributed by atoms with Crippen LogP contribution in [0.5, 0.6) is 0 Å². The van der Waals surface area contributed by atoms with Crippen LogP contribution in [0.3, 0.4) is 0 Å². The van der Waals surface area contributed by atoms with Crippen LogP contribution in [-0.4, -0.2) is 67.4 Å². The Hall–Kier alpha value is -2.38. The number of imide groups is 1. The van der Waals surface area contributed by atoms with Crippen molar-refractivity contribution in [3.05, 3.63) is 40.6 Å². The summed E-state index contributed by atoms with van der Waals surface area (Å²) in [6.07, 6.45) is 1.74. The molecule has 0 saturated carbocycles. The van der Waals surface area contributed by atoms with Gasteiger partial charge >= 0.3 is 5.97 Å². The number of hydrogen-bond donors (Lipinski definition) is 0. The van der Waals surface area contributed by atoms with E-state index < -0.39 is 17.8 Å². The van der Waals surface area contributed by atoms with Gasteiger partial charge in [-0.15, -0.1) is 0 Å². The number of esters is 1. The smallest absolute Gasteiger partial charge is 0.338 e. The summed E-state index contributed by atoms with van der Waals surface area (Å²) in [5.74, 6) is -1.40. The number of piperazine rings is 1. The fourth-order valence-corrected chi connectivity index (χ4v) is 3.45. The van der Waals surface area contributed by atoms with E-state index in [1.165, 1.54) is 0 Å². The SMILES string of the molecule is CCCCOC(=O)c1ccc(N2C(=O)C(Cl)=C(N3CCN(C)CC3)C2=O)cc1. The van der Waals surface area contributed by atoms with E-state index in [-0.39, 0.29) is 10.7 Å². The maximum atomic E-state index is 12.9. The normalized spacial score (nSPS) is 18.2. The van der Waals surface area contributed by atoms with Gasteiger partial charge in [-0.1, -0.05) is 24.9 Å². The molecule has 1 aromatic carbocycles. The molecule has 0 N–H and O–H groups in total. The average Bonchev–Trinajstić information content (AvgIpc) is 2.92. The number of carbonyl (C=O) groups is 3. The van der Waals surface area contributed by atoms with Gasteiger partial charge in [0.15, 0.2) is 0 Å². The largest absolute Gasteiger partial charge is 0.462 e. The number of likely N-dealkylation sites (N-methyl/N-ethyl adjacent to an activating group) is 1. The van der Waals surface area contributed by atoms with Crippen LogP contribution >= 0.6 is 11.6 Å². The van der Waals surface area contributed by atoms with Crippen molar-refractivity contribution in [1.82, 2.24) is 9.80 Å². The Morgan fingerprint density at radius 2 is 1.71 bits per heavy atom. The molecule has 0 atom stereocenters. The quantitative estimate of drug-likeness (QED) is 0.410. The number of halogens is 1. The van der Waals surface area contributed by atoms with Gasteiger partial charge in [0, 0.05) is 26.2 Å². The fourth-order valence-electron chi connectivity index (χ4n) is 3.17. The standard InChI is InChI=1S/C20H24ClN3O4/c1-3-4-13-28-20(27)14-5-7-15(8-6-14)24-18(25)16(21)17(19(24)26)23-11-9-22(2)10-12-23/h5-8H,3-4,9-13H2,1-2H3. The summed E-state index contributed by atoms with van der Waals surface area (Å²) in [6, 6.07) is 6.21. The van der Waals surface area contributed by atoms with Gasteiger partial charge in [-0.05, 0) is 37.7 Å². The van der Waals surface area contributed by atoms with E-state index in [1.807, 2.05) is 18.9 Å². The predicted octanol–water partition coefficient (Wildman–Crippen LogP) is 2.21. The predicted molar refractivity (Wildman–Crippen MR) is 106 cm³/mol. The monoisotopic (exact) mass is 405 g/mol. The summed E-state index contributed by atoms with van der Waals surface area (Å²) in [5, 5.41) is -0.0578. The van der Waals surface area contributed by atoms with Gasteiger partial charge in [0.1, 0.15) is 10.7 Å². The van der Waals surface area contributed by atoms with Crippen molar-refractivity contribution in [3.63, 3.8) is 0 Å². The molecule has 7 nitrogen and oxygen atoms in total. The Labute approximate surface area is 169 Å². The van der Waals surface area contributed by atoms with Crippen LogP contribution in [0.15, 0.2) is 35.0 Å². The second kappa shape index (κ2) is 8.75. The van der Waals surface area contributed by atoms with Crippen molar-refractivity contribution in [1.29, 1.82) is 0 Å². The number of ether oxygens (including phenoxy) is 1. The van der Waals surface area contributed by atoms with Crippen LogP contribution in [0.25, 0.3) is 0 Å². The first-order chi connectivity index (χ1) is 13.4. The molecule has 150 valence electrons. The van der Waals surface area contributed by atoms with Gasteiger partial charge in [0.05, 0.1) is 17.9 Å². The molecule has 2 heterocycles. The molecule has 2 amide bonds. The molecule has 3 rings (SSSR count). The van der Waals surface area contributed by atoms with Gasteiger partial charge in [0.2, 0.25) is 0 Å². The number of unbranched alkanes of at least 4 members (excludes halogenated alkanes) is 1. The molecule has 0 aromatic heterocycles. The molecular formula is C20H24ClN3O4. The van der Waals surface area contributed by atoms with Crippen molar-refractivity contribution in [2.45, 2.75) is 19.8 Å². The number of rotatable bonds is 6. The first-order valence-electron chi connectivity index (χ1n) is 9.43. The van der Waals surface area contributed by atoms with Crippen molar-refractivity contribution in [2.75, 3.05) is 44.7 Å². The molecular weight excluding hydrogens is 382 g/mol. The molecule has 28 heavy (non-hydrogen) atoms. The van der Waals surface area contributed by atoms with Crippen LogP contribution in [0.2, 0.25) is 0 Å². The number of nitrogens with zero attached hydrogens (tertiary/aromatic N) is 3. The second-order valence-electron chi connectivity index (χ2n) is 6.93. The Morgan fingerprint density at radius 1 is 1.07 bits per heavy atom. The lowest BCUT2D eigenvalue weighted by atomic mass is 10.2. The van der Waals surface area contributed by atoms with Gasteiger partial charge in [-0.25, -0.2) is 9.69 Å². The van der Waals surface area contributed by atoms with E-state index in [0.717, 1.165) is 30.8 Å². The van der Waals surface area contributed by atoms with Crippen LogP contribution < -0.4 is 4.90 Å². The van der Waals surface area contributed by atoms with E-state index in [4.69, 9.17) is 16.3 Å². The highest BCUT2D eigenvalue weighted by atomic mass is 35.5. The summed E-state index contributed by atoms with van der Waals surface area (Å²) < 4.78 is 5.17. The number of hydrogen-bond acceptors (Lipinski definition) is 6. The molecule has 0 unspecified atom stereocenters. The maximum Gasteiger partial charge on any atom is 0.338 e. The Bertz CT molecular complexity index is 798. The van der Waals surface area contributed by atoms with Gasteiger partial charge < -0.3 is 14.5 Å². The lowest BCUT2D eigenvalue weighted by Crippen LogP contribution is -2.46. The Morgan fingerprint density at radius 3 is 2.32 bits per heavy atom. The first-order valence-corrected chi connectivity index (χ1v) is 9.81. The van der Waals surface area contributed by atoms with Crippen molar-refractivity contribution in [2.24, 2.45) is 0 Å². The van der Waals surface area contributed by atoms with E-state index >= 15 is 0 Å². The van der Waals surface area contributed by atoms with Crippen LogP contribution in [0.1, 0.15) is 30.1 Å². The van der Waals surface area contributed by atoms with Crippen LogP contribution in [-0.2, 0) is 14.3 Å². The van der Waals surface area contributed by atoms with E-state index in [0.29, 0.717) is 30.9 Å². The number of amides is 2. The minimum atomic E-state index is -0.543. The van der Waals surface area contributed by atoms with Crippen molar-refractivity contribution in [3.8, 4) is 0 Å². The fraction of sp³-hybridized carbons (Fsp3) is 0.450. The minimum absolute atomic E-state index is 0.0578. The number of benzene rings is 1. The molecule has 1 fully saturated rings. The second-order valence-corrected chi connectivity index (χ2v) is 7.31. The topological polar surface area (TPSA) is 70.2 Å². The molecule has 0 aliphatic carbocycles. The van der Waals surface area contributed by atoms with Crippen LogP contribution in [0.4, 0.5) is 5.69 Å². The molecule has 0 spiro atoms. The third-order valence-corrected chi connectivity index (χ3v) is 5.26. The van der Waals surface area contributed by atoms with Gasteiger partial charge in [0.25, 0.3) is 11.8 Å². The molecule has 1 aromatic rings. The van der Waals surface area contributed by atoms with Gasteiger partial charge in [-0.2, -0.15) is 0 Å². The summed E-state index contributed by atoms with van der Waals surface area (Å²) >= 11 is 6.23. The average molecular weight is 406 g/mol. The lowest BCUT2D eigenvalue weighted by Gasteiger charge is -2.34. The number of anilines is 1. The molecule has 2 aliphatic heterocycles. The van der Waals surface area contributed by atoms with E-state index in [9.17, 15) is 14.4 Å². The summed E-state index contributed by atoms with van der Waals surface area (Å²) in [5.41, 5.74) is 1.00. The third-order valence-electron chi connectivity index (χ3n) is 4.92. The molecule has 0 bridgehead atoms. The summed E-state index contributed by atoms with van der Waals surface area (Å²) in [6.45, 7) is 5.25. The minimum Gasteiger partial charge on any atom is -0.462 e. The summed E-state index contributed by atoms with van der Waals surface area (Å²) in [7, 11) is 2.01. The van der Waals surface area contributed by atoms with E-state index in [2.05, 4.69) is 4.90 Å². The molecule has 2 aliphatic rings. The highest BCUT2D eigenvalue weighted by Gasteiger charge is 2.41. The van der Waals surface area contributed by atoms with Crippen LogP contribution in [0, 0.1) is 0 Å². The Balaban J connectivity index is 1.73. The molecule has 0 radical (unpaired) electrons. The number of carbonyl (C=O) groups excluding carboxylic acids is 3. The summed E-state index contributed by atoms with van der Waals surface area (Å²) in [4.78, 5) is 42.6. The van der Waals surface area contributed by atoms with Crippen molar-refractivity contribution >= 4 is 35.1 Å². The molecule has 8 heteroatoms. The zero-order valence-corrected chi connectivity index (χ0v) is 16.9. The third kappa shape index (κ3) is 4.05. The van der Waals surface area contributed by atoms with Gasteiger partial charge in [-0.3, -0.25) is 9.59 Å². The first kappa shape index (κ1) is 20.4. The maximum absolute atomic E-state index is 12.9. The van der Waals surface area contributed by atoms with Crippen molar-refractivity contribution < 1.29 is 19.1 Å². The highest BCUT2D eigenvalue weighted by Crippen LogP contribution is 2.31. The molecule has 1 saturated heterocycles. The van der Waals surface area contributed by atoms with E-state index in [1.54, 1.807) is 24.3 Å².